The molecule has 0 bridgehead atoms. The van der Waals surface area contributed by atoms with E-state index in [0.29, 0.717) is 5.92 Å². The predicted octanol–water partition coefficient (Wildman–Crippen LogP) is 3.93. The molecule has 0 aliphatic heterocycles. The molecule has 0 aliphatic carbocycles. The van der Waals surface area contributed by atoms with Crippen LogP contribution in [0.3, 0.4) is 0 Å². The largest absolute Gasteiger partial charge is 0.356 e. The molecule has 2 nitrogen and oxygen atoms in total. The van der Waals surface area contributed by atoms with Crippen LogP contribution in [-0.4, -0.2) is 5.16 Å². The molecule has 0 radical (unpaired) electrons. The van der Waals surface area contributed by atoms with Gasteiger partial charge in [0.15, 0.2) is 5.76 Å². The van der Waals surface area contributed by atoms with E-state index in [0.717, 1.165) is 23.4 Å². The van der Waals surface area contributed by atoms with Gasteiger partial charge in [-0.3, -0.25) is 0 Å². The molecule has 1 heterocycles. The molecule has 2 aromatic rings. The van der Waals surface area contributed by atoms with Crippen molar-refractivity contribution >= 4 is 0 Å². The molecule has 84 valence electrons. The summed E-state index contributed by atoms with van der Waals surface area (Å²) in [5, 5.41) is 4.11. The van der Waals surface area contributed by atoms with Crippen molar-refractivity contribution < 1.29 is 4.52 Å². The summed E-state index contributed by atoms with van der Waals surface area (Å²) in [6, 6.07) is 12.1. The fourth-order valence-corrected chi connectivity index (χ4v) is 1.65. The summed E-state index contributed by atoms with van der Waals surface area (Å²) in [7, 11) is 0. The summed E-state index contributed by atoms with van der Waals surface area (Å²) < 4.78 is 5.35. The number of benzene rings is 1. The Balaban J connectivity index is 2.14. The molecular formula is C14H17NO. The van der Waals surface area contributed by atoms with Crippen LogP contribution in [0.2, 0.25) is 0 Å². The Morgan fingerprint density at radius 1 is 1.25 bits per heavy atom. The Morgan fingerprint density at radius 3 is 2.69 bits per heavy atom. The van der Waals surface area contributed by atoms with E-state index in [2.05, 4.69) is 19.0 Å². The lowest BCUT2D eigenvalue weighted by molar-refractivity contribution is 0.415. The fourth-order valence-electron chi connectivity index (χ4n) is 1.65. The van der Waals surface area contributed by atoms with Gasteiger partial charge in [-0.1, -0.05) is 55.8 Å². The summed E-state index contributed by atoms with van der Waals surface area (Å²) in [5.41, 5.74) is 2.14. The summed E-state index contributed by atoms with van der Waals surface area (Å²) in [4.78, 5) is 0. The van der Waals surface area contributed by atoms with Crippen LogP contribution < -0.4 is 0 Å². The van der Waals surface area contributed by atoms with E-state index in [1.807, 2.05) is 36.4 Å². The number of rotatable bonds is 4. The zero-order valence-corrected chi connectivity index (χ0v) is 9.81. The third kappa shape index (κ3) is 2.51. The third-order valence-electron chi connectivity index (χ3n) is 2.87. The highest BCUT2D eigenvalue weighted by Gasteiger charge is 2.08. The molecule has 0 spiro atoms. The van der Waals surface area contributed by atoms with Gasteiger partial charge in [0.05, 0.1) is 5.69 Å². The van der Waals surface area contributed by atoms with Crippen molar-refractivity contribution in [2.45, 2.75) is 26.7 Å². The van der Waals surface area contributed by atoms with Crippen LogP contribution in [0.25, 0.3) is 11.3 Å². The quantitative estimate of drug-likeness (QED) is 0.772. The minimum Gasteiger partial charge on any atom is -0.356 e. The summed E-state index contributed by atoms with van der Waals surface area (Å²) in [6.45, 7) is 4.43. The van der Waals surface area contributed by atoms with E-state index in [1.165, 1.54) is 6.42 Å². The van der Waals surface area contributed by atoms with Crippen LogP contribution in [-0.2, 0) is 6.42 Å². The first-order valence-electron chi connectivity index (χ1n) is 5.80. The van der Waals surface area contributed by atoms with E-state index in [-0.39, 0.29) is 0 Å². The second-order valence-corrected chi connectivity index (χ2v) is 4.27. The van der Waals surface area contributed by atoms with Crippen molar-refractivity contribution in [3.8, 4) is 11.3 Å². The molecule has 0 saturated carbocycles. The third-order valence-corrected chi connectivity index (χ3v) is 2.87. The average molecular weight is 215 g/mol. The van der Waals surface area contributed by atoms with Gasteiger partial charge in [0.1, 0.15) is 0 Å². The van der Waals surface area contributed by atoms with Crippen molar-refractivity contribution in [1.29, 1.82) is 0 Å². The molecule has 2 heteroatoms. The minimum absolute atomic E-state index is 0.661. The monoisotopic (exact) mass is 215 g/mol. The van der Waals surface area contributed by atoms with Crippen LogP contribution in [0.15, 0.2) is 40.9 Å². The Hall–Kier alpha value is -1.57. The van der Waals surface area contributed by atoms with Crippen molar-refractivity contribution in [2.75, 3.05) is 0 Å². The van der Waals surface area contributed by atoms with Crippen LogP contribution in [0.5, 0.6) is 0 Å². The molecule has 1 atom stereocenters. The Labute approximate surface area is 96.3 Å². The van der Waals surface area contributed by atoms with Gasteiger partial charge in [-0.15, -0.1) is 0 Å². The Morgan fingerprint density at radius 2 is 2.00 bits per heavy atom. The normalized spacial score (nSPS) is 12.6. The molecule has 1 unspecified atom stereocenters. The van der Waals surface area contributed by atoms with E-state index in [1.54, 1.807) is 0 Å². The maximum atomic E-state index is 5.35. The first kappa shape index (κ1) is 10.9. The molecule has 0 saturated heterocycles. The minimum atomic E-state index is 0.661. The highest BCUT2D eigenvalue weighted by molar-refractivity contribution is 5.56. The molecule has 16 heavy (non-hydrogen) atoms. The molecule has 0 fully saturated rings. The lowest BCUT2D eigenvalue weighted by Gasteiger charge is -2.02. The van der Waals surface area contributed by atoms with E-state index >= 15 is 0 Å². The SMILES string of the molecule is CCC(C)Cc1cc(-c2ccccc2)on1. The second kappa shape index (κ2) is 4.97. The number of hydrogen-bond acceptors (Lipinski definition) is 2. The standard InChI is InChI=1S/C14H17NO/c1-3-11(2)9-13-10-14(16-15-13)12-7-5-4-6-8-12/h4-8,10-11H,3,9H2,1-2H3. The van der Waals surface area contributed by atoms with E-state index in [4.69, 9.17) is 4.52 Å². The molecule has 0 amide bonds. The van der Waals surface area contributed by atoms with E-state index < -0.39 is 0 Å². The van der Waals surface area contributed by atoms with Gasteiger partial charge in [0.25, 0.3) is 0 Å². The van der Waals surface area contributed by atoms with Crippen LogP contribution in [0.1, 0.15) is 26.0 Å². The number of hydrogen-bond donors (Lipinski definition) is 0. The zero-order chi connectivity index (χ0) is 11.4. The van der Waals surface area contributed by atoms with Crippen molar-refractivity contribution in [1.82, 2.24) is 5.16 Å². The first-order valence-corrected chi connectivity index (χ1v) is 5.80. The molecule has 0 aliphatic rings. The van der Waals surface area contributed by atoms with Gasteiger partial charge in [0.2, 0.25) is 0 Å². The maximum Gasteiger partial charge on any atom is 0.167 e. The molecule has 1 aromatic heterocycles. The number of aromatic nitrogens is 1. The zero-order valence-electron chi connectivity index (χ0n) is 9.81. The summed E-state index contributed by atoms with van der Waals surface area (Å²) >= 11 is 0. The highest BCUT2D eigenvalue weighted by atomic mass is 16.5. The molecule has 2 rings (SSSR count). The van der Waals surface area contributed by atoms with E-state index in [9.17, 15) is 0 Å². The molecular weight excluding hydrogens is 198 g/mol. The van der Waals surface area contributed by atoms with Crippen LogP contribution in [0, 0.1) is 5.92 Å². The molecule has 1 aromatic carbocycles. The van der Waals surface area contributed by atoms with Gasteiger partial charge >= 0.3 is 0 Å². The van der Waals surface area contributed by atoms with Crippen molar-refractivity contribution in [3.05, 3.63) is 42.1 Å². The molecule has 0 N–H and O–H groups in total. The van der Waals surface area contributed by atoms with Crippen LogP contribution in [0.4, 0.5) is 0 Å². The summed E-state index contributed by atoms with van der Waals surface area (Å²) in [5.74, 6) is 1.52. The van der Waals surface area contributed by atoms with Gasteiger partial charge in [0, 0.05) is 11.6 Å². The topological polar surface area (TPSA) is 26.0 Å². The fraction of sp³-hybridized carbons (Fsp3) is 0.357. The lowest BCUT2D eigenvalue weighted by atomic mass is 10.0. The van der Waals surface area contributed by atoms with Crippen molar-refractivity contribution in [3.63, 3.8) is 0 Å². The predicted molar refractivity (Wildman–Crippen MR) is 65.1 cm³/mol. The first-order chi connectivity index (χ1) is 7.79. The smallest absolute Gasteiger partial charge is 0.167 e. The lowest BCUT2D eigenvalue weighted by Crippen LogP contribution is -1.97. The van der Waals surface area contributed by atoms with Crippen molar-refractivity contribution in [2.24, 2.45) is 5.92 Å². The maximum absolute atomic E-state index is 5.35. The highest BCUT2D eigenvalue weighted by Crippen LogP contribution is 2.21. The van der Waals surface area contributed by atoms with Gasteiger partial charge in [-0.25, -0.2) is 0 Å². The Bertz CT molecular complexity index is 433. The van der Waals surface area contributed by atoms with Gasteiger partial charge in [-0.2, -0.15) is 0 Å². The number of nitrogens with zero attached hydrogens (tertiary/aromatic N) is 1. The Kier molecular flexibility index (Phi) is 3.40. The van der Waals surface area contributed by atoms with Gasteiger partial charge < -0.3 is 4.52 Å². The average Bonchev–Trinajstić information content (AvgIpc) is 2.78. The van der Waals surface area contributed by atoms with Crippen LogP contribution >= 0.6 is 0 Å². The summed E-state index contributed by atoms with van der Waals surface area (Å²) in [6.07, 6.45) is 2.17. The van der Waals surface area contributed by atoms with Gasteiger partial charge in [-0.05, 0) is 12.3 Å². The second-order valence-electron chi connectivity index (χ2n) is 4.27.